The van der Waals surface area contributed by atoms with Gasteiger partial charge < -0.3 is 30.1 Å². The van der Waals surface area contributed by atoms with Gasteiger partial charge >= 0.3 is 0 Å². The van der Waals surface area contributed by atoms with E-state index in [1.54, 1.807) is 20.2 Å². The molecule has 2 N–H and O–H groups in total. The zero-order valence-electron chi connectivity index (χ0n) is 20.5. The molecule has 1 aromatic heterocycles. The largest absolute Gasteiger partial charge is 0.494 e. The summed E-state index contributed by atoms with van der Waals surface area (Å²) in [6.45, 7) is 6.50. The number of carbonyl (C=O) groups excluding carboxylic acids is 1. The number of piperazine rings is 1. The molecule has 0 spiro atoms. The number of aromatic nitrogens is 1. The van der Waals surface area contributed by atoms with Crippen LogP contribution in [0.4, 0.5) is 34.3 Å². The van der Waals surface area contributed by atoms with Crippen LogP contribution >= 0.6 is 0 Å². The highest BCUT2D eigenvalue weighted by atomic mass is 16.5. The summed E-state index contributed by atoms with van der Waals surface area (Å²) in [7, 11) is 3.86. The van der Waals surface area contributed by atoms with Crippen LogP contribution in [0.3, 0.4) is 0 Å². The van der Waals surface area contributed by atoms with Crippen LogP contribution in [-0.4, -0.2) is 62.7 Å². The van der Waals surface area contributed by atoms with Crippen LogP contribution in [0.15, 0.2) is 54.7 Å². The summed E-state index contributed by atoms with van der Waals surface area (Å²) in [6, 6.07) is 16.3. The van der Waals surface area contributed by atoms with Gasteiger partial charge in [0.15, 0.2) is 0 Å². The lowest BCUT2D eigenvalue weighted by atomic mass is 10.1. The fourth-order valence-electron chi connectivity index (χ4n) is 4.73. The predicted octanol–water partition coefficient (Wildman–Crippen LogP) is 4.24. The van der Waals surface area contributed by atoms with E-state index in [0.717, 1.165) is 73.5 Å². The Hall–Kier alpha value is -3.78. The number of hydrogen-bond donors (Lipinski definition) is 2. The van der Waals surface area contributed by atoms with Crippen molar-refractivity contribution >= 4 is 40.2 Å². The lowest BCUT2D eigenvalue weighted by molar-refractivity contribution is -0.116. The zero-order valence-corrected chi connectivity index (χ0v) is 20.5. The molecule has 0 radical (unpaired) electrons. The molecule has 3 heterocycles. The number of carbonyl (C=O) groups is 1. The van der Waals surface area contributed by atoms with Crippen LogP contribution in [0.1, 0.15) is 12.5 Å². The maximum atomic E-state index is 11.8. The fourth-order valence-corrected chi connectivity index (χ4v) is 4.73. The minimum atomic E-state index is 0.0845. The molecule has 5 rings (SSSR count). The van der Waals surface area contributed by atoms with E-state index in [1.807, 2.05) is 29.2 Å². The van der Waals surface area contributed by atoms with E-state index in [1.165, 1.54) is 11.3 Å². The second-order valence-electron chi connectivity index (χ2n) is 9.12. The fraction of sp³-hybridized carbons (Fsp3) is 0.333. The smallest absolute Gasteiger partial charge is 0.223 e. The first kappa shape index (κ1) is 23.0. The Morgan fingerprint density at radius 3 is 2.51 bits per heavy atom. The maximum absolute atomic E-state index is 11.8. The Morgan fingerprint density at radius 1 is 0.943 bits per heavy atom. The van der Waals surface area contributed by atoms with Gasteiger partial charge in [-0.3, -0.25) is 4.79 Å². The summed E-state index contributed by atoms with van der Waals surface area (Å²) in [5.41, 5.74) is 6.15. The van der Waals surface area contributed by atoms with Gasteiger partial charge in [-0.1, -0.05) is 0 Å². The van der Waals surface area contributed by atoms with Gasteiger partial charge in [0.2, 0.25) is 5.91 Å². The standard InChI is InChI=1S/C27H32N6O2/c1-19(34)33-11-9-20-16-21(4-7-25(20)33)29-22-8-10-28-27(17-22)30-24-6-5-23(18-26(24)35-3)32-14-12-31(2)13-15-32/h4-8,10,16-18H,9,11-15H2,1-3H3,(H2,28,29,30). The van der Waals surface area contributed by atoms with Crippen LogP contribution in [0.5, 0.6) is 5.75 Å². The van der Waals surface area contributed by atoms with Gasteiger partial charge in [0.1, 0.15) is 11.6 Å². The van der Waals surface area contributed by atoms with E-state index in [-0.39, 0.29) is 5.91 Å². The quantitative estimate of drug-likeness (QED) is 0.556. The summed E-state index contributed by atoms with van der Waals surface area (Å²) in [4.78, 5) is 22.9. The number of amides is 1. The van der Waals surface area contributed by atoms with E-state index >= 15 is 0 Å². The first-order chi connectivity index (χ1) is 17.0. The van der Waals surface area contributed by atoms with E-state index in [0.29, 0.717) is 0 Å². The summed E-state index contributed by atoms with van der Waals surface area (Å²) in [5, 5.41) is 6.86. The number of anilines is 6. The SMILES string of the molecule is COc1cc(N2CCN(C)CC2)ccc1Nc1cc(Nc2ccc3c(c2)CCN3C(C)=O)ccn1. The number of pyridine rings is 1. The molecule has 1 fully saturated rings. The number of methoxy groups -OCH3 is 1. The number of ether oxygens (including phenoxy) is 1. The third-order valence-electron chi connectivity index (χ3n) is 6.72. The zero-order chi connectivity index (χ0) is 24.4. The molecular weight excluding hydrogens is 440 g/mol. The van der Waals surface area contributed by atoms with E-state index in [9.17, 15) is 4.79 Å². The number of hydrogen-bond acceptors (Lipinski definition) is 7. The second kappa shape index (κ2) is 9.84. The number of nitrogens with zero attached hydrogens (tertiary/aromatic N) is 4. The summed E-state index contributed by atoms with van der Waals surface area (Å²) >= 11 is 0. The average molecular weight is 473 g/mol. The van der Waals surface area contributed by atoms with Crippen LogP contribution in [-0.2, 0) is 11.2 Å². The number of benzene rings is 2. The van der Waals surface area contributed by atoms with Crippen molar-refractivity contribution < 1.29 is 9.53 Å². The molecule has 1 amide bonds. The van der Waals surface area contributed by atoms with Crippen molar-refractivity contribution in [2.45, 2.75) is 13.3 Å². The number of likely N-dealkylation sites (N-methyl/N-ethyl adjacent to an activating group) is 1. The average Bonchev–Trinajstić information content (AvgIpc) is 3.29. The molecule has 0 unspecified atom stereocenters. The van der Waals surface area contributed by atoms with Gasteiger partial charge in [-0.15, -0.1) is 0 Å². The van der Waals surface area contributed by atoms with E-state index in [4.69, 9.17) is 4.74 Å². The van der Waals surface area contributed by atoms with Crippen LogP contribution in [0.25, 0.3) is 0 Å². The molecule has 0 saturated carbocycles. The van der Waals surface area contributed by atoms with Crippen molar-refractivity contribution in [3.63, 3.8) is 0 Å². The van der Waals surface area contributed by atoms with Crippen molar-refractivity contribution in [3.05, 3.63) is 60.3 Å². The van der Waals surface area contributed by atoms with Gasteiger partial charge in [0.25, 0.3) is 0 Å². The van der Waals surface area contributed by atoms with Crippen molar-refractivity contribution in [1.82, 2.24) is 9.88 Å². The molecule has 35 heavy (non-hydrogen) atoms. The molecule has 2 aromatic carbocycles. The molecule has 0 aliphatic carbocycles. The molecule has 8 nitrogen and oxygen atoms in total. The van der Waals surface area contributed by atoms with Gasteiger partial charge in [-0.05, 0) is 55.4 Å². The molecule has 8 heteroatoms. The summed E-state index contributed by atoms with van der Waals surface area (Å²) in [5.74, 6) is 1.60. The van der Waals surface area contributed by atoms with Gasteiger partial charge in [0.05, 0.1) is 12.8 Å². The van der Waals surface area contributed by atoms with Crippen LogP contribution in [0.2, 0.25) is 0 Å². The summed E-state index contributed by atoms with van der Waals surface area (Å²) in [6.07, 6.45) is 2.65. The van der Waals surface area contributed by atoms with Crippen LogP contribution < -0.4 is 25.2 Å². The first-order valence-corrected chi connectivity index (χ1v) is 12.0. The Kier molecular flexibility index (Phi) is 6.46. The molecule has 2 aliphatic heterocycles. The monoisotopic (exact) mass is 472 g/mol. The third kappa shape index (κ3) is 5.02. The van der Waals surface area contributed by atoms with Crippen LogP contribution in [0, 0.1) is 0 Å². The maximum Gasteiger partial charge on any atom is 0.223 e. The molecular formula is C27H32N6O2. The second-order valence-corrected chi connectivity index (χ2v) is 9.12. The Bertz CT molecular complexity index is 1220. The first-order valence-electron chi connectivity index (χ1n) is 12.0. The lowest BCUT2D eigenvalue weighted by Gasteiger charge is -2.34. The van der Waals surface area contributed by atoms with Gasteiger partial charge in [-0.2, -0.15) is 0 Å². The topological polar surface area (TPSA) is 73.0 Å². The van der Waals surface area contributed by atoms with Gasteiger partial charge in [-0.25, -0.2) is 4.98 Å². The molecule has 2 aliphatic rings. The van der Waals surface area contributed by atoms with E-state index < -0.39 is 0 Å². The van der Waals surface area contributed by atoms with Gasteiger partial charge in [0, 0.05) is 80.7 Å². The normalized spacial score (nSPS) is 15.6. The highest BCUT2D eigenvalue weighted by Gasteiger charge is 2.22. The van der Waals surface area contributed by atoms with Crippen molar-refractivity contribution in [1.29, 1.82) is 0 Å². The van der Waals surface area contributed by atoms with Crippen molar-refractivity contribution in [3.8, 4) is 5.75 Å². The van der Waals surface area contributed by atoms with Crippen molar-refractivity contribution in [2.75, 3.05) is 67.3 Å². The third-order valence-corrected chi connectivity index (χ3v) is 6.72. The molecule has 0 bridgehead atoms. The molecule has 1 saturated heterocycles. The Morgan fingerprint density at radius 2 is 1.74 bits per heavy atom. The molecule has 3 aromatic rings. The lowest BCUT2D eigenvalue weighted by Crippen LogP contribution is -2.44. The minimum Gasteiger partial charge on any atom is -0.494 e. The van der Waals surface area contributed by atoms with Crippen molar-refractivity contribution in [2.24, 2.45) is 0 Å². The highest BCUT2D eigenvalue weighted by molar-refractivity contribution is 5.94. The minimum absolute atomic E-state index is 0.0845. The predicted molar refractivity (Wildman–Crippen MR) is 142 cm³/mol. The Balaban J connectivity index is 1.29. The number of rotatable bonds is 6. The summed E-state index contributed by atoms with van der Waals surface area (Å²) < 4.78 is 5.69. The highest BCUT2D eigenvalue weighted by Crippen LogP contribution is 2.34. The number of nitrogens with one attached hydrogen (secondary N) is 2. The molecule has 0 atom stereocenters. The number of fused-ring (bicyclic) bond motifs is 1. The molecule has 182 valence electrons. The Labute approximate surface area is 206 Å². The van der Waals surface area contributed by atoms with E-state index in [2.05, 4.69) is 56.7 Å².